The van der Waals surface area contributed by atoms with Crippen LogP contribution in [0.4, 0.5) is 0 Å². The van der Waals surface area contributed by atoms with Crippen LogP contribution in [0.15, 0.2) is 48.5 Å². The molecule has 0 aliphatic heterocycles. The molecule has 38 heavy (non-hydrogen) atoms. The molecular formula is C35H52O3. The first kappa shape index (κ1) is 30.3. The summed E-state index contributed by atoms with van der Waals surface area (Å²) < 4.78 is 11.5. The van der Waals surface area contributed by atoms with E-state index in [1.165, 1.54) is 89.0 Å². The number of hydrogen-bond acceptors (Lipinski definition) is 3. The predicted octanol–water partition coefficient (Wildman–Crippen LogP) is 10.2. The van der Waals surface area contributed by atoms with Crippen molar-refractivity contribution in [2.45, 2.75) is 117 Å². The van der Waals surface area contributed by atoms with E-state index in [0.29, 0.717) is 11.3 Å². The quantitative estimate of drug-likeness (QED) is 0.118. The first-order valence-electron chi connectivity index (χ1n) is 15.6. The van der Waals surface area contributed by atoms with Crippen LogP contribution in [0.25, 0.3) is 0 Å². The molecule has 1 fully saturated rings. The fourth-order valence-corrected chi connectivity index (χ4v) is 5.61. The highest BCUT2D eigenvalue weighted by Gasteiger charge is 2.20. The van der Waals surface area contributed by atoms with Crippen LogP contribution in [0.3, 0.4) is 0 Å². The van der Waals surface area contributed by atoms with Gasteiger partial charge in [-0.2, -0.15) is 0 Å². The van der Waals surface area contributed by atoms with E-state index in [-0.39, 0.29) is 5.97 Å². The Labute approximate surface area is 232 Å². The zero-order chi connectivity index (χ0) is 27.0. The van der Waals surface area contributed by atoms with Crippen LogP contribution in [0.5, 0.6) is 11.5 Å². The van der Waals surface area contributed by atoms with Gasteiger partial charge in [0.15, 0.2) is 0 Å². The van der Waals surface area contributed by atoms with E-state index in [9.17, 15) is 4.79 Å². The average Bonchev–Trinajstić information content (AvgIpc) is 2.95. The third-order valence-electron chi connectivity index (χ3n) is 8.55. The minimum atomic E-state index is -0.329. The lowest BCUT2D eigenvalue weighted by Gasteiger charge is -2.28. The van der Waals surface area contributed by atoms with E-state index < -0.39 is 0 Å². The molecule has 1 atom stereocenters. The number of esters is 1. The van der Waals surface area contributed by atoms with E-state index in [4.69, 9.17) is 9.47 Å². The van der Waals surface area contributed by atoms with Crippen LogP contribution in [-0.2, 0) is 6.42 Å². The number of aryl methyl sites for hydroxylation is 1. The van der Waals surface area contributed by atoms with Crippen molar-refractivity contribution in [3.8, 4) is 11.5 Å². The summed E-state index contributed by atoms with van der Waals surface area (Å²) in [5.41, 5.74) is 1.87. The van der Waals surface area contributed by atoms with Crippen molar-refractivity contribution in [2.75, 3.05) is 6.61 Å². The van der Waals surface area contributed by atoms with Crippen LogP contribution in [0.1, 0.15) is 127 Å². The largest absolute Gasteiger partial charge is 0.494 e. The van der Waals surface area contributed by atoms with Gasteiger partial charge in [-0.1, -0.05) is 110 Å². The maximum Gasteiger partial charge on any atom is 0.343 e. The van der Waals surface area contributed by atoms with Gasteiger partial charge in [-0.05, 0) is 79.0 Å². The Kier molecular flexibility index (Phi) is 13.8. The molecule has 3 nitrogen and oxygen atoms in total. The van der Waals surface area contributed by atoms with Gasteiger partial charge < -0.3 is 9.47 Å². The van der Waals surface area contributed by atoms with Crippen molar-refractivity contribution in [3.05, 3.63) is 59.7 Å². The highest BCUT2D eigenvalue weighted by molar-refractivity contribution is 5.91. The summed E-state index contributed by atoms with van der Waals surface area (Å²) in [6.45, 7) is 7.59. The van der Waals surface area contributed by atoms with Crippen molar-refractivity contribution in [1.29, 1.82) is 0 Å². The van der Waals surface area contributed by atoms with Gasteiger partial charge in [0.25, 0.3) is 0 Å². The van der Waals surface area contributed by atoms with Crippen LogP contribution < -0.4 is 9.47 Å². The van der Waals surface area contributed by atoms with Crippen LogP contribution in [0.2, 0.25) is 0 Å². The standard InChI is InChI=1S/C35H52O3/c1-4-6-8-12-29-13-15-30(16-14-29)17-18-31-19-23-34(24-20-31)38-35(36)32-21-25-33(26-22-32)37-27-10-7-9-11-28(3)5-2/h19-26,28-30H,4-18,27H2,1-3H3. The van der Waals surface area contributed by atoms with Gasteiger partial charge in [0.2, 0.25) is 0 Å². The van der Waals surface area contributed by atoms with E-state index >= 15 is 0 Å². The third-order valence-corrected chi connectivity index (χ3v) is 8.55. The van der Waals surface area contributed by atoms with Crippen LogP contribution in [0, 0.1) is 17.8 Å². The SMILES string of the molecule is CCCCCC1CCC(CCc2ccc(OC(=O)c3ccc(OCCCCCC(C)CC)cc3)cc2)CC1. The topological polar surface area (TPSA) is 35.5 Å². The average molecular weight is 521 g/mol. The van der Waals surface area contributed by atoms with Gasteiger partial charge >= 0.3 is 5.97 Å². The molecule has 1 aliphatic rings. The minimum absolute atomic E-state index is 0.329. The maximum atomic E-state index is 12.6. The molecule has 2 aromatic carbocycles. The molecule has 0 saturated heterocycles. The minimum Gasteiger partial charge on any atom is -0.494 e. The predicted molar refractivity (Wildman–Crippen MR) is 159 cm³/mol. The van der Waals surface area contributed by atoms with Crippen molar-refractivity contribution < 1.29 is 14.3 Å². The summed E-state index contributed by atoms with van der Waals surface area (Å²) in [5.74, 6) is 3.74. The lowest BCUT2D eigenvalue weighted by molar-refractivity contribution is 0.0734. The fraction of sp³-hybridized carbons (Fsp3) is 0.629. The molecule has 2 aromatic rings. The Balaban J connectivity index is 1.32. The summed E-state index contributed by atoms with van der Waals surface area (Å²) in [4.78, 5) is 12.6. The third kappa shape index (κ3) is 11.2. The van der Waals surface area contributed by atoms with E-state index in [2.05, 4.69) is 32.9 Å². The zero-order valence-corrected chi connectivity index (χ0v) is 24.4. The second-order valence-corrected chi connectivity index (χ2v) is 11.7. The molecule has 0 heterocycles. The lowest BCUT2D eigenvalue weighted by Crippen LogP contribution is -2.15. The Morgan fingerprint density at radius 2 is 1.45 bits per heavy atom. The van der Waals surface area contributed by atoms with E-state index in [1.54, 1.807) is 12.1 Å². The molecule has 0 N–H and O–H groups in total. The summed E-state index contributed by atoms with van der Waals surface area (Å²) in [5, 5.41) is 0. The van der Waals surface area contributed by atoms with Crippen LogP contribution in [-0.4, -0.2) is 12.6 Å². The summed E-state index contributed by atoms with van der Waals surface area (Å²) >= 11 is 0. The fourth-order valence-electron chi connectivity index (χ4n) is 5.61. The molecule has 3 heteroatoms. The van der Waals surface area contributed by atoms with Gasteiger partial charge in [0, 0.05) is 0 Å². The highest BCUT2D eigenvalue weighted by Crippen LogP contribution is 2.34. The molecule has 0 radical (unpaired) electrons. The van der Waals surface area contributed by atoms with Gasteiger partial charge in [0.1, 0.15) is 11.5 Å². The molecule has 1 unspecified atom stereocenters. The second-order valence-electron chi connectivity index (χ2n) is 11.7. The number of carbonyl (C=O) groups excluding carboxylic acids is 1. The van der Waals surface area contributed by atoms with Gasteiger partial charge in [0.05, 0.1) is 12.2 Å². The van der Waals surface area contributed by atoms with Crippen LogP contribution >= 0.6 is 0 Å². The summed E-state index contributed by atoms with van der Waals surface area (Å²) in [6, 6.07) is 15.4. The first-order chi connectivity index (χ1) is 18.6. The number of hydrogen-bond donors (Lipinski definition) is 0. The normalized spacial score (nSPS) is 18.2. The molecule has 0 aromatic heterocycles. The number of carbonyl (C=O) groups is 1. The smallest absolute Gasteiger partial charge is 0.343 e. The number of ether oxygens (including phenoxy) is 2. The van der Waals surface area contributed by atoms with Gasteiger partial charge in [-0.3, -0.25) is 0 Å². The molecule has 210 valence electrons. The van der Waals surface area contributed by atoms with Crippen molar-refractivity contribution in [3.63, 3.8) is 0 Å². The Bertz CT molecular complexity index is 894. The molecule has 0 amide bonds. The zero-order valence-electron chi connectivity index (χ0n) is 24.4. The van der Waals surface area contributed by atoms with Gasteiger partial charge in [-0.25, -0.2) is 4.79 Å². The van der Waals surface area contributed by atoms with E-state index in [1.807, 2.05) is 24.3 Å². The van der Waals surface area contributed by atoms with Crippen molar-refractivity contribution in [1.82, 2.24) is 0 Å². The molecule has 0 spiro atoms. The van der Waals surface area contributed by atoms with Crippen molar-refractivity contribution >= 4 is 5.97 Å². The van der Waals surface area contributed by atoms with Gasteiger partial charge in [-0.15, -0.1) is 0 Å². The summed E-state index contributed by atoms with van der Waals surface area (Å²) in [7, 11) is 0. The molecule has 3 rings (SSSR count). The Hall–Kier alpha value is -2.29. The Morgan fingerprint density at radius 3 is 2.11 bits per heavy atom. The molecule has 1 aliphatic carbocycles. The maximum absolute atomic E-state index is 12.6. The number of unbranched alkanes of at least 4 members (excludes halogenated alkanes) is 4. The number of benzene rings is 2. The lowest BCUT2D eigenvalue weighted by atomic mass is 9.78. The second kappa shape index (κ2) is 17.3. The van der Waals surface area contributed by atoms with E-state index in [0.717, 1.165) is 43.0 Å². The number of rotatable bonds is 17. The van der Waals surface area contributed by atoms with Crippen molar-refractivity contribution in [2.24, 2.45) is 17.8 Å². The molecule has 1 saturated carbocycles. The highest BCUT2D eigenvalue weighted by atomic mass is 16.5. The first-order valence-corrected chi connectivity index (χ1v) is 15.6. The molecular weight excluding hydrogens is 468 g/mol. The Morgan fingerprint density at radius 1 is 0.789 bits per heavy atom. The summed E-state index contributed by atoms with van der Waals surface area (Å²) in [6.07, 6.45) is 19.7. The molecule has 0 bridgehead atoms. The monoisotopic (exact) mass is 520 g/mol.